The lowest BCUT2D eigenvalue weighted by molar-refractivity contribution is -0.113. The Bertz CT molecular complexity index is 906. The Morgan fingerprint density at radius 2 is 1.74 bits per heavy atom. The van der Waals surface area contributed by atoms with Crippen LogP contribution in [0.25, 0.3) is 0 Å². The number of methoxy groups -OCH3 is 1. The third kappa shape index (κ3) is 3.74. The van der Waals surface area contributed by atoms with E-state index in [-0.39, 0.29) is 11.3 Å². The molecule has 1 aliphatic rings. The Balaban J connectivity index is 1.97. The van der Waals surface area contributed by atoms with Crippen molar-refractivity contribution in [3.63, 3.8) is 0 Å². The molecule has 8 heteroatoms. The molecule has 3 amide bonds. The van der Waals surface area contributed by atoms with Crippen LogP contribution in [0.4, 0.5) is 19.3 Å². The zero-order valence-corrected chi connectivity index (χ0v) is 14.6. The average Bonchev–Trinajstić information content (AvgIpc) is 2.61. The van der Waals surface area contributed by atoms with E-state index in [2.05, 4.69) is 16.0 Å². The van der Waals surface area contributed by atoms with Crippen LogP contribution < -0.4 is 20.7 Å². The van der Waals surface area contributed by atoms with E-state index in [1.807, 2.05) is 0 Å². The Morgan fingerprint density at radius 1 is 1.11 bits per heavy atom. The lowest BCUT2D eigenvalue weighted by Gasteiger charge is -2.29. The van der Waals surface area contributed by atoms with Gasteiger partial charge in [-0.3, -0.25) is 4.79 Å². The summed E-state index contributed by atoms with van der Waals surface area (Å²) < 4.78 is 33.6. The van der Waals surface area contributed by atoms with Gasteiger partial charge in [0.1, 0.15) is 17.4 Å². The number of ether oxygens (including phenoxy) is 1. The van der Waals surface area contributed by atoms with E-state index in [1.165, 1.54) is 20.1 Å². The van der Waals surface area contributed by atoms with Gasteiger partial charge < -0.3 is 20.7 Å². The Labute approximate surface area is 154 Å². The maximum atomic E-state index is 14.3. The van der Waals surface area contributed by atoms with Gasteiger partial charge in [-0.1, -0.05) is 6.07 Å². The number of rotatable bonds is 4. The van der Waals surface area contributed by atoms with Gasteiger partial charge in [-0.05, 0) is 43.3 Å². The zero-order chi connectivity index (χ0) is 19.6. The van der Waals surface area contributed by atoms with Crippen molar-refractivity contribution in [1.29, 1.82) is 0 Å². The number of carbonyl (C=O) groups excluding carboxylic acids is 2. The van der Waals surface area contributed by atoms with Gasteiger partial charge in [0.2, 0.25) is 0 Å². The van der Waals surface area contributed by atoms with Crippen LogP contribution in [0, 0.1) is 11.6 Å². The van der Waals surface area contributed by atoms with Gasteiger partial charge >= 0.3 is 6.03 Å². The summed E-state index contributed by atoms with van der Waals surface area (Å²) in [6.45, 7) is 1.49. The van der Waals surface area contributed by atoms with Gasteiger partial charge in [0.25, 0.3) is 5.91 Å². The molecule has 0 aromatic heterocycles. The number of amides is 3. The van der Waals surface area contributed by atoms with E-state index >= 15 is 0 Å². The van der Waals surface area contributed by atoms with Crippen LogP contribution in [0.5, 0.6) is 5.75 Å². The van der Waals surface area contributed by atoms with Gasteiger partial charge in [0.05, 0.1) is 24.3 Å². The average molecular weight is 373 g/mol. The van der Waals surface area contributed by atoms with Crippen LogP contribution >= 0.6 is 0 Å². The van der Waals surface area contributed by atoms with Gasteiger partial charge in [0, 0.05) is 11.4 Å². The molecule has 1 aliphatic heterocycles. The number of allylic oxidation sites excluding steroid dienone is 1. The third-order valence-corrected chi connectivity index (χ3v) is 4.15. The van der Waals surface area contributed by atoms with Gasteiger partial charge in [-0.15, -0.1) is 0 Å². The highest BCUT2D eigenvalue weighted by Crippen LogP contribution is 2.31. The minimum atomic E-state index is -1.27. The van der Waals surface area contributed by atoms with E-state index in [0.717, 1.165) is 12.1 Å². The molecule has 6 nitrogen and oxygen atoms in total. The Morgan fingerprint density at radius 3 is 2.33 bits per heavy atom. The molecule has 0 fully saturated rings. The Kier molecular flexibility index (Phi) is 5.07. The predicted molar refractivity (Wildman–Crippen MR) is 95.1 cm³/mol. The van der Waals surface area contributed by atoms with Crippen LogP contribution in [0.15, 0.2) is 53.7 Å². The first-order valence-corrected chi connectivity index (χ1v) is 8.08. The minimum absolute atomic E-state index is 0.00872. The molecule has 3 N–H and O–H groups in total. The summed E-state index contributed by atoms with van der Waals surface area (Å²) in [5.41, 5.74) is 0.282. The molecule has 2 aromatic carbocycles. The maximum absolute atomic E-state index is 14.3. The van der Waals surface area contributed by atoms with Gasteiger partial charge in [0.15, 0.2) is 0 Å². The molecular weight excluding hydrogens is 356 g/mol. The highest BCUT2D eigenvalue weighted by molar-refractivity contribution is 6.06. The van der Waals surface area contributed by atoms with Crippen molar-refractivity contribution in [3.05, 3.63) is 70.9 Å². The van der Waals surface area contributed by atoms with Crippen molar-refractivity contribution in [1.82, 2.24) is 10.6 Å². The molecule has 0 aliphatic carbocycles. The summed E-state index contributed by atoms with van der Waals surface area (Å²) in [6, 6.07) is 8.00. The topological polar surface area (TPSA) is 79.5 Å². The molecule has 1 heterocycles. The summed E-state index contributed by atoms with van der Waals surface area (Å²) in [5.74, 6) is -1.70. The van der Waals surface area contributed by atoms with Crippen LogP contribution in [0.2, 0.25) is 0 Å². The molecule has 0 bridgehead atoms. The van der Waals surface area contributed by atoms with Crippen molar-refractivity contribution in [3.8, 4) is 5.75 Å². The molecule has 0 saturated carbocycles. The Hall–Kier alpha value is -3.42. The van der Waals surface area contributed by atoms with Crippen LogP contribution in [0.3, 0.4) is 0 Å². The molecule has 1 atom stereocenters. The second-order valence-electron chi connectivity index (χ2n) is 5.89. The standard InChI is InChI=1S/C19H17F2N3O3/c1-10-15(18(25)23-11-6-8-12(27-2)9-7-11)17(24-19(26)22-10)16-13(20)4-3-5-14(16)21/h3-9,17H,1-2H3,(H,23,25)(H2,22,24,26). The summed E-state index contributed by atoms with van der Waals surface area (Å²) >= 11 is 0. The highest BCUT2D eigenvalue weighted by atomic mass is 19.1. The third-order valence-electron chi connectivity index (χ3n) is 4.15. The van der Waals surface area contributed by atoms with E-state index in [4.69, 9.17) is 4.74 Å². The van der Waals surface area contributed by atoms with Crippen LogP contribution in [-0.4, -0.2) is 19.0 Å². The number of anilines is 1. The monoisotopic (exact) mass is 373 g/mol. The molecule has 0 spiro atoms. The molecule has 0 radical (unpaired) electrons. The number of hydrogen-bond donors (Lipinski definition) is 3. The molecule has 3 rings (SSSR count). The number of urea groups is 1. The highest BCUT2D eigenvalue weighted by Gasteiger charge is 2.34. The van der Waals surface area contributed by atoms with E-state index in [1.54, 1.807) is 24.3 Å². The van der Waals surface area contributed by atoms with E-state index < -0.39 is 35.2 Å². The fourth-order valence-electron chi connectivity index (χ4n) is 2.87. The van der Waals surface area contributed by atoms with Gasteiger partial charge in [-0.25, -0.2) is 13.6 Å². The lowest BCUT2D eigenvalue weighted by Crippen LogP contribution is -2.46. The molecule has 140 valence electrons. The molecule has 1 unspecified atom stereocenters. The number of benzene rings is 2. The van der Waals surface area contributed by atoms with E-state index in [0.29, 0.717) is 11.4 Å². The van der Waals surface area contributed by atoms with Crippen molar-refractivity contribution in [2.24, 2.45) is 0 Å². The van der Waals surface area contributed by atoms with Crippen molar-refractivity contribution >= 4 is 17.6 Å². The molecular formula is C19H17F2N3O3. The van der Waals surface area contributed by atoms with Crippen molar-refractivity contribution in [2.75, 3.05) is 12.4 Å². The summed E-state index contributed by atoms with van der Waals surface area (Å²) in [5, 5.41) is 7.53. The smallest absolute Gasteiger partial charge is 0.319 e. The van der Waals surface area contributed by atoms with Crippen LogP contribution in [-0.2, 0) is 4.79 Å². The first-order chi connectivity index (χ1) is 12.9. The predicted octanol–water partition coefficient (Wildman–Crippen LogP) is 3.24. The fourth-order valence-corrected chi connectivity index (χ4v) is 2.87. The quantitative estimate of drug-likeness (QED) is 0.770. The molecule has 0 saturated heterocycles. The summed E-state index contributed by atoms with van der Waals surface area (Å²) in [4.78, 5) is 24.6. The SMILES string of the molecule is COc1ccc(NC(=O)C2=C(C)NC(=O)NC2c2c(F)cccc2F)cc1. The van der Waals surface area contributed by atoms with Crippen LogP contribution in [0.1, 0.15) is 18.5 Å². The first kappa shape index (κ1) is 18.4. The second kappa shape index (κ2) is 7.45. The number of hydrogen-bond acceptors (Lipinski definition) is 3. The minimum Gasteiger partial charge on any atom is -0.497 e. The number of halogens is 2. The molecule has 27 heavy (non-hydrogen) atoms. The normalized spacial score (nSPS) is 16.4. The zero-order valence-electron chi connectivity index (χ0n) is 14.6. The van der Waals surface area contributed by atoms with Crippen molar-refractivity contribution in [2.45, 2.75) is 13.0 Å². The summed E-state index contributed by atoms with van der Waals surface area (Å²) in [6.07, 6.45) is 0. The largest absolute Gasteiger partial charge is 0.497 e. The molecule has 2 aromatic rings. The lowest BCUT2D eigenvalue weighted by atomic mass is 9.94. The summed E-state index contributed by atoms with van der Waals surface area (Å²) in [7, 11) is 1.52. The first-order valence-electron chi connectivity index (χ1n) is 8.08. The number of carbonyl (C=O) groups is 2. The second-order valence-corrected chi connectivity index (χ2v) is 5.89. The number of nitrogens with one attached hydrogen (secondary N) is 3. The fraction of sp³-hybridized carbons (Fsp3) is 0.158. The maximum Gasteiger partial charge on any atom is 0.319 e. The van der Waals surface area contributed by atoms with E-state index in [9.17, 15) is 18.4 Å². The van der Waals surface area contributed by atoms with Crippen molar-refractivity contribution < 1.29 is 23.1 Å². The van der Waals surface area contributed by atoms with Gasteiger partial charge in [-0.2, -0.15) is 0 Å².